The van der Waals surface area contributed by atoms with Crippen LogP contribution in [0.15, 0.2) is 29.3 Å². The SMILES string of the molecule is Cc1cccc(OCCNC(N)=NCCCN2CCOCC2)c1. The van der Waals surface area contributed by atoms with Gasteiger partial charge in [-0.2, -0.15) is 0 Å². The second-order valence-corrected chi connectivity index (χ2v) is 5.67. The van der Waals surface area contributed by atoms with E-state index in [-0.39, 0.29) is 0 Å². The van der Waals surface area contributed by atoms with Gasteiger partial charge in [-0.1, -0.05) is 12.1 Å². The Labute approximate surface area is 138 Å². The van der Waals surface area contributed by atoms with E-state index in [1.807, 2.05) is 31.2 Å². The summed E-state index contributed by atoms with van der Waals surface area (Å²) >= 11 is 0. The Kier molecular flexibility index (Phi) is 7.69. The first kappa shape index (κ1) is 17.6. The van der Waals surface area contributed by atoms with Crippen LogP contribution in [0.3, 0.4) is 0 Å². The molecule has 128 valence electrons. The van der Waals surface area contributed by atoms with E-state index in [1.165, 1.54) is 5.56 Å². The molecule has 1 saturated heterocycles. The predicted octanol–water partition coefficient (Wildman–Crippen LogP) is 1.00. The maximum absolute atomic E-state index is 5.85. The van der Waals surface area contributed by atoms with Gasteiger partial charge in [-0.3, -0.25) is 9.89 Å². The minimum Gasteiger partial charge on any atom is -0.492 e. The van der Waals surface area contributed by atoms with Crippen molar-refractivity contribution in [3.8, 4) is 5.75 Å². The second-order valence-electron chi connectivity index (χ2n) is 5.67. The fraction of sp³-hybridized carbons (Fsp3) is 0.588. The monoisotopic (exact) mass is 320 g/mol. The molecule has 6 heteroatoms. The fourth-order valence-electron chi connectivity index (χ4n) is 2.43. The van der Waals surface area contributed by atoms with E-state index in [2.05, 4.69) is 15.2 Å². The molecule has 0 aromatic heterocycles. The molecule has 2 rings (SSSR count). The second kappa shape index (κ2) is 10.1. The van der Waals surface area contributed by atoms with Crippen molar-refractivity contribution in [2.75, 3.05) is 52.5 Å². The highest BCUT2D eigenvalue weighted by molar-refractivity contribution is 5.77. The van der Waals surface area contributed by atoms with E-state index in [4.69, 9.17) is 15.2 Å². The first-order valence-corrected chi connectivity index (χ1v) is 8.27. The molecule has 1 aliphatic heterocycles. The minimum atomic E-state index is 0.486. The Morgan fingerprint density at radius 3 is 3.00 bits per heavy atom. The molecule has 0 radical (unpaired) electrons. The molecule has 1 fully saturated rings. The van der Waals surface area contributed by atoms with E-state index in [0.29, 0.717) is 19.1 Å². The van der Waals surface area contributed by atoms with Crippen LogP contribution in [0.25, 0.3) is 0 Å². The van der Waals surface area contributed by atoms with Gasteiger partial charge >= 0.3 is 0 Å². The summed E-state index contributed by atoms with van der Waals surface area (Å²) < 4.78 is 11.0. The number of ether oxygens (including phenoxy) is 2. The maximum atomic E-state index is 5.85. The highest BCUT2D eigenvalue weighted by atomic mass is 16.5. The van der Waals surface area contributed by atoms with Gasteiger partial charge in [-0.25, -0.2) is 0 Å². The number of hydrogen-bond donors (Lipinski definition) is 2. The molecule has 0 unspecified atom stereocenters. The van der Waals surface area contributed by atoms with E-state index < -0.39 is 0 Å². The molecular weight excluding hydrogens is 292 g/mol. The molecule has 23 heavy (non-hydrogen) atoms. The van der Waals surface area contributed by atoms with Crippen molar-refractivity contribution in [1.82, 2.24) is 10.2 Å². The van der Waals surface area contributed by atoms with Crippen LogP contribution in [0.4, 0.5) is 0 Å². The number of aryl methyl sites for hydroxylation is 1. The van der Waals surface area contributed by atoms with Crippen molar-refractivity contribution in [3.05, 3.63) is 29.8 Å². The van der Waals surface area contributed by atoms with Gasteiger partial charge in [-0.05, 0) is 31.0 Å². The van der Waals surface area contributed by atoms with Gasteiger partial charge in [0.2, 0.25) is 0 Å². The van der Waals surface area contributed by atoms with Gasteiger partial charge in [0, 0.05) is 26.2 Å². The van der Waals surface area contributed by atoms with Gasteiger partial charge in [0.05, 0.1) is 19.8 Å². The topological polar surface area (TPSA) is 72.1 Å². The molecule has 0 bridgehead atoms. The quantitative estimate of drug-likeness (QED) is 0.425. The van der Waals surface area contributed by atoms with E-state index >= 15 is 0 Å². The Bertz CT molecular complexity index is 487. The Morgan fingerprint density at radius 2 is 2.22 bits per heavy atom. The number of rotatable bonds is 8. The number of nitrogens with one attached hydrogen (secondary N) is 1. The van der Waals surface area contributed by atoms with Gasteiger partial charge in [0.25, 0.3) is 0 Å². The Morgan fingerprint density at radius 1 is 1.39 bits per heavy atom. The summed E-state index contributed by atoms with van der Waals surface area (Å²) in [6.07, 6.45) is 1.02. The number of aliphatic imine (C=N–C) groups is 1. The molecule has 6 nitrogen and oxygen atoms in total. The molecule has 1 heterocycles. The van der Waals surface area contributed by atoms with Gasteiger partial charge in [0.1, 0.15) is 12.4 Å². The molecular formula is C17H28N4O2. The van der Waals surface area contributed by atoms with Crippen molar-refractivity contribution in [2.24, 2.45) is 10.7 Å². The number of guanidine groups is 1. The zero-order chi connectivity index (χ0) is 16.3. The largest absolute Gasteiger partial charge is 0.492 e. The molecule has 1 aromatic rings. The van der Waals surface area contributed by atoms with E-state index in [0.717, 1.165) is 51.6 Å². The summed E-state index contributed by atoms with van der Waals surface area (Å²) in [5.41, 5.74) is 7.04. The molecule has 0 saturated carbocycles. The summed E-state index contributed by atoms with van der Waals surface area (Å²) in [7, 11) is 0. The Hall–Kier alpha value is -1.79. The van der Waals surface area contributed by atoms with Crippen LogP contribution >= 0.6 is 0 Å². The zero-order valence-electron chi connectivity index (χ0n) is 14.0. The van der Waals surface area contributed by atoms with E-state index in [9.17, 15) is 0 Å². The van der Waals surface area contributed by atoms with Crippen molar-refractivity contribution >= 4 is 5.96 Å². The number of hydrogen-bond acceptors (Lipinski definition) is 4. The summed E-state index contributed by atoms with van der Waals surface area (Å²) in [6.45, 7) is 8.78. The standard InChI is InChI=1S/C17H28N4O2/c1-15-4-2-5-16(14-15)23-11-7-20-17(18)19-6-3-8-21-9-12-22-13-10-21/h2,4-5,14H,3,6-13H2,1H3,(H3,18,19,20). The Balaban J connectivity index is 1.52. The lowest BCUT2D eigenvalue weighted by Gasteiger charge is -2.26. The third-order valence-corrected chi connectivity index (χ3v) is 3.68. The summed E-state index contributed by atoms with van der Waals surface area (Å²) in [6, 6.07) is 8.01. The lowest BCUT2D eigenvalue weighted by Crippen LogP contribution is -2.37. The minimum absolute atomic E-state index is 0.486. The lowest BCUT2D eigenvalue weighted by atomic mass is 10.2. The van der Waals surface area contributed by atoms with Crippen molar-refractivity contribution in [2.45, 2.75) is 13.3 Å². The fourth-order valence-corrected chi connectivity index (χ4v) is 2.43. The van der Waals surface area contributed by atoms with Crippen LogP contribution in [0.5, 0.6) is 5.75 Å². The van der Waals surface area contributed by atoms with Crippen LogP contribution < -0.4 is 15.8 Å². The summed E-state index contributed by atoms with van der Waals surface area (Å²) in [4.78, 5) is 6.74. The first-order chi connectivity index (χ1) is 11.2. The van der Waals surface area contributed by atoms with Crippen LogP contribution in [0.1, 0.15) is 12.0 Å². The molecule has 1 aromatic carbocycles. The third kappa shape index (κ3) is 7.34. The molecule has 0 amide bonds. The van der Waals surface area contributed by atoms with Crippen LogP contribution in [0, 0.1) is 6.92 Å². The number of morpholine rings is 1. The van der Waals surface area contributed by atoms with Gasteiger partial charge < -0.3 is 20.5 Å². The summed E-state index contributed by atoms with van der Waals surface area (Å²) in [5, 5.41) is 3.08. The van der Waals surface area contributed by atoms with Crippen LogP contribution in [0.2, 0.25) is 0 Å². The maximum Gasteiger partial charge on any atom is 0.188 e. The molecule has 0 aliphatic carbocycles. The van der Waals surface area contributed by atoms with Crippen molar-refractivity contribution in [3.63, 3.8) is 0 Å². The van der Waals surface area contributed by atoms with Crippen molar-refractivity contribution in [1.29, 1.82) is 0 Å². The highest BCUT2D eigenvalue weighted by Crippen LogP contribution is 2.11. The first-order valence-electron chi connectivity index (χ1n) is 8.27. The smallest absolute Gasteiger partial charge is 0.188 e. The van der Waals surface area contributed by atoms with Gasteiger partial charge in [-0.15, -0.1) is 0 Å². The predicted molar refractivity (Wildman–Crippen MR) is 93.0 cm³/mol. The average Bonchev–Trinajstić information content (AvgIpc) is 2.57. The van der Waals surface area contributed by atoms with Crippen LogP contribution in [-0.2, 0) is 4.74 Å². The zero-order valence-corrected chi connectivity index (χ0v) is 14.0. The highest BCUT2D eigenvalue weighted by Gasteiger charge is 2.08. The summed E-state index contributed by atoms with van der Waals surface area (Å²) in [5.74, 6) is 1.37. The molecule has 3 N–H and O–H groups in total. The number of benzene rings is 1. The molecule has 0 atom stereocenters. The number of nitrogens with two attached hydrogens (primary N) is 1. The molecule has 0 spiro atoms. The van der Waals surface area contributed by atoms with Crippen molar-refractivity contribution < 1.29 is 9.47 Å². The number of nitrogens with zero attached hydrogens (tertiary/aromatic N) is 2. The normalized spacial score (nSPS) is 16.3. The average molecular weight is 320 g/mol. The van der Waals surface area contributed by atoms with Gasteiger partial charge in [0.15, 0.2) is 5.96 Å². The lowest BCUT2D eigenvalue weighted by molar-refractivity contribution is 0.0377. The van der Waals surface area contributed by atoms with Crippen LogP contribution in [-0.4, -0.2) is 63.4 Å². The van der Waals surface area contributed by atoms with E-state index in [1.54, 1.807) is 0 Å². The third-order valence-electron chi connectivity index (χ3n) is 3.68. The molecule has 1 aliphatic rings.